The van der Waals surface area contributed by atoms with Gasteiger partial charge in [-0.25, -0.2) is 4.98 Å². The Morgan fingerprint density at radius 3 is 2.83 bits per heavy atom. The van der Waals surface area contributed by atoms with Crippen LogP contribution >= 0.6 is 34.5 Å². The van der Waals surface area contributed by atoms with Crippen LogP contribution < -0.4 is 5.32 Å². The average molecular weight is 301 g/mol. The Morgan fingerprint density at radius 2 is 2.17 bits per heavy atom. The molecule has 0 amide bonds. The third-order valence-corrected chi connectivity index (χ3v) is 4.08. The van der Waals surface area contributed by atoms with Crippen LogP contribution in [0.4, 0.5) is 0 Å². The van der Waals surface area contributed by atoms with Crippen molar-refractivity contribution < 1.29 is 0 Å². The molecule has 0 aliphatic rings. The van der Waals surface area contributed by atoms with E-state index < -0.39 is 0 Å². The van der Waals surface area contributed by atoms with Crippen molar-refractivity contribution >= 4 is 34.5 Å². The molecule has 96 valence electrons. The zero-order valence-electron chi connectivity index (χ0n) is 10.2. The summed E-state index contributed by atoms with van der Waals surface area (Å²) in [6.07, 6.45) is 0. The van der Waals surface area contributed by atoms with E-state index in [0.717, 1.165) is 22.8 Å². The summed E-state index contributed by atoms with van der Waals surface area (Å²) in [7, 11) is 0. The molecular formula is C13H14Cl2N2S. The normalized spacial score (nSPS) is 12.7. The topological polar surface area (TPSA) is 24.9 Å². The highest BCUT2D eigenvalue weighted by molar-refractivity contribution is 7.13. The van der Waals surface area contributed by atoms with Crippen molar-refractivity contribution in [2.45, 2.75) is 19.9 Å². The monoisotopic (exact) mass is 300 g/mol. The van der Waals surface area contributed by atoms with Gasteiger partial charge < -0.3 is 5.32 Å². The van der Waals surface area contributed by atoms with Crippen molar-refractivity contribution in [3.63, 3.8) is 0 Å². The SMILES string of the molecule is CCNC(C)c1csc(-c2ccc(Cl)cc2Cl)n1. The van der Waals surface area contributed by atoms with E-state index in [1.54, 1.807) is 17.4 Å². The van der Waals surface area contributed by atoms with Gasteiger partial charge in [0.2, 0.25) is 0 Å². The third-order valence-electron chi connectivity index (χ3n) is 2.64. The van der Waals surface area contributed by atoms with Gasteiger partial charge in [-0.3, -0.25) is 0 Å². The van der Waals surface area contributed by atoms with E-state index in [1.807, 2.05) is 12.1 Å². The predicted molar refractivity (Wildman–Crippen MR) is 79.7 cm³/mol. The van der Waals surface area contributed by atoms with Crippen molar-refractivity contribution in [1.29, 1.82) is 0 Å². The van der Waals surface area contributed by atoms with Crippen molar-refractivity contribution in [3.05, 3.63) is 39.3 Å². The molecule has 0 saturated carbocycles. The number of benzene rings is 1. The van der Waals surface area contributed by atoms with Crippen molar-refractivity contribution in [3.8, 4) is 10.6 Å². The van der Waals surface area contributed by atoms with Gasteiger partial charge in [-0.15, -0.1) is 11.3 Å². The smallest absolute Gasteiger partial charge is 0.125 e. The van der Waals surface area contributed by atoms with E-state index in [4.69, 9.17) is 23.2 Å². The lowest BCUT2D eigenvalue weighted by Gasteiger charge is -2.08. The molecule has 1 aromatic heterocycles. The molecule has 5 heteroatoms. The molecule has 0 bridgehead atoms. The maximum atomic E-state index is 6.18. The second kappa shape index (κ2) is 6.02. The zero-order valence-corrected chi connectivity index (χ0v) is 12.5. The Bertz CT molecular complexity index is 540. The van der Waals surface area contributed by atoms with Crippen LogP contribution in [0.3, 0.4) is 0 Å². The molecule has 1 atom stereocenters. The highest BCUT2D eigenvalue weighted by Crippen LogP contribution is 2.33. The molecule has 0 fully saturated rings. The van der Waals surface area contributed by atoms with E-state index in [2.05, 4.69) is 29.5 Å². The summed E-state index contributed by atoms with van der Waals surface area (Å²) in [5, 5.41) is 7.61. The third kappa shape index (κ3) is 3.04. The molecular weight excluding hydrogens is 287 g/mol. The number of hydrogen-bond donors (Lipinski definition) is 1. The lowest BCUT2D eigenvalue weighted by atomic mass is 10.2. The van der Waals surface area contributed by atoms with Crippen LogP contribution in [0.2, 0.25) is 10.0 Å². The van der Waals surface area contributed by atoms with Gasteiger partial charge in [0, 0.05) is 22.0 Å². The van der Waals surface area contributed by atoms with Gasteiger partial charge >= 0.3 is 0 Å². The summed E-state index contributed by atoms with van der Waals surface area (Å²) in [5.41, 5.74) is 1.98. The van der Waals surface area contributed by atoms with Crippen LogP contribution in [0.15, 0.2) is 23.6 Å². The molecule has 2 nitrogen and oxygen atoms in total. The summed E-state index contributed by atoms with van der Waals surface area (Å²) < 4.78 is 0. The number of halogens is 2. The van der Waals surface area contributed by atoms with Gasteiger partial charge in [0.25, 0.3) is 0 Å². The summed E-state index contributed by atoms with van der Waals surface area (Å²) >= 11 is 13.7. The van der Waals surface area contributed by atoms with Gasteiger partial charge in [-0.2, -0.15) is 0 Å². The predicted octanol–water partition coefficient (Wildman–Crippen LogP) is 4.79. The second-order valence-corrected chi connectivity index (χ2v) is 5.68. The van der Waals surface area contributed by atoms with E-state index in [0.29, 0.717) is 10.0 Å². The number of rotatable bonds is 4. The number of hydrogen-bond acceptors (Lipinski definition) is 3. The van der Waals surface area contributed by atoms with Crippen LogP contribution in [0.5, 0.6) is 0 Å². The molecule has 2 rings (SSSR count). The number of aromatic nitrogens is 1. The van der Waals surface area contributed by atoms with Gasteiger partial charge in [0.1, 0.15) is 5.01 Å². The van der Waals surface area contributed by atoms with Crippen LogP contribution in [0.25, 0.3) is 10.6 Å². The molecule has 0 aliphatic carbocycles. The first kappa shape index (κ1) is 13.8. The minimum absolute atomic E-state index is 0.256. The number of nitrogens with zero attached hydrogens (tertiary/aromatic N) is 1. The van der Waals surface area contributed by atoms with Crippen LogP contribution in [-0.2, 0) is 0 Å². The Morgan fingerprint density at radius 1 is 1.39 bits per heavy atom. The first-order valence-electron chi connectivity index (χ1n) is 5.76. The van der Waals surface area contributed by atoms with E-state index in [1.165, 1.54) is 0 Å². The largest absolute Gasteiger partial charge is 0.309 e. The van der Waals surface area contributed by atoms with Gasteiger partial charge in [0.15, 0.2) is 0 Å². The first-order valence-corrected chi connectivity index (χ1v) is 7.39. The van der Waals surface area contributed by atoms with E-state index in [9.17, 15) is 0 Å². The molecule has 0 spiro atoms. The summed E-state index contributed by atoms with van der Waals surface area (Å²) in [4.78, 5) is 4.62. The fourth-order valence-electron chi connectivity index (χ4n) is 1.68. The summed E-state index contributed by atoms with van der Waals surface area (Å²) in [5.74, 6) is 0. The summed E-state index contributed by atoms with van der Waals surface area (Å²) in [6, 6.07) is 5.74. The molecule has 2 aromatic rings. The van der Waals surface area contributed by atoms with Gasteiger partial charge in [0.05, 0.1) is 10.7 Å². The van der Waals surface area contributed by atoms with Crippen molar-refractivity contribution in [1.82, 2.24) is 10.3 Å². The lowest BCUT2D eigenvalue weighted by Crippen LogP contribution is -2.17. The fourth-order valence-corrected chi connectivity index (χ4v) is 3.19. The fraction of sp³-hybridized carbons (Fsp3) is 0.308. The zero-order chi connectivity index (χ0) is 13.1. The standard InChI is InChI=1S/C13H14Cl2N2S/c1-3-16-8(2)12-7-18-13(17-12)10-5-4-9(14)6-11(10)15/h4-8,16H,3H2,1-2H3. The van der Waals surface area contributed by atoms with Crippen molar-refractivity contribution in [2.24, 2.45) is 0 Å². The Kier molecular flexibility index (Phi) is 4.62. The Balaban J connectivity index is 2.29. The highest BCUT2D eigenvalue weighted by Gasteiger charge is 2.12. The molecule has 1 N–H and O–H groups in total. The molecule has 0 aliphatic heterocycles. The minimum atomic E-state index is 0.256. The minimum Gasteiger partial charge on any atom is -0.309 e. The Hall–Kier alpha value is -0.610. The maximum absolute atomic E-state index is 6.18. The lowest BCUT2D eigenvalue weighted by molar-refractivity contribution is 0.587. The molecule has 18 heavy (non-hydrogen) atoms. The van der Waals surface area contributed by atoms with Crippen molar-refractivity contribution in [2.75, 3.05) is 6.54 Å². The van der Waals surface area contributed by atoms with Gasteiger partial charge in [-0.05, 0) is 31.7 Å². The average Bonchev–Trinajstić information content (AvgIpc) is 2.78. The molecule has 1 unspecified atom stereocenters. The number of thiazole rings is 1. The van der Waals surface area contributed by atoms with Gasteiger partial charge in [-0.1, -0.05) is 30.1 Å². The van der Waals surface area contributed by atoms with E-state index in [-0.39, 0.29) is 6.04 Å². The molecule has 0 saturated heterocycles. The van der Waals surface area contributed by atoms with Crippen LogP contribution in [-0.4, -0.2) is 11.5 Å². The summed E-state index contributed by atoms with van der Waals surface area (Å²) in [6.45, 7) is 5.11. The van der Waals surface area contributed by atoms with Crippen LogP contribution in [0.1, 0.15) is 25.6 Å². The second-order valence-electron chi connectivity index (χ2n) is 3.98. The highest BCUT2D eigenvalue weighted by atomic mass is 35.5. The molecule has 1 aromatic carbocycles. The molecule has 0 radical (unpaired) electrons. The molecule has 1 heterocycles. The Labute approximate surface area is 121 Å². The number of nitrogens with one attached hydrogen (secondary N) is 1. The van der Waals surface area contributed by atoms with E-state index >= 15 is 0 Å². The maximum Gasteiger partial charge on any atom is 0.125 e. The first-order chi connectivity index (χ1) is 8.61. The van der Waals surface area contributed by atoms with Crippen LogP contribution in [0, 0.1) is 0 Å². The quantitative estimate of drug-likeness (QED) is 0.878.